The fourth-order valence-corrected chi connectivity index (χ4v) is 3.17. The van der Waals surface area contributed by atoms with Gasteiger partial charge < -0.3 is 15.4 Å². The van der Waals surface area contributed by atoms with Crippen LogP contribution in [0.4, 0.5) is 17.1 Å². The molecule has 31 heavy (non-hydrogen) atoms. The molecule has 0 aliphatic rings. The van der Waals surface area contributed by atoms with Gasteiger partial charge in [-0.05, 0) is 42.6 Å². The van der Waals surface area contributed by atoms with Gasteiger partial charge in [-0.2, -0.15) is 0 Å². The molecule has 2 N–H and O–H groups in total. The summed E-state index contributed by atoms with van der Waals surface area (Å²) in [5, 5.41) is 17.8. The zero-order valence-electron chi connectivity index (χ0n) is 16.2. The first-order valence-corrected chi connectivity index (χ1v) is 9.92. The number of hydrogen-bond donors (Lipinski definition) is 2. The lowest BCUT2D eigenvalue weighted by Gasteiger charge is -2.14. The Labute approximate surface area is 180 Å². The Kier molecular flexibility index (Phi) is 6.73. The molecular weight excluding hydrogens is 422 g/mol. The molecule has 0 saturated carbocycles. The number of non-ortho nitro benzene ring substituents is 1. The SMILES string of the molecule is CC(OC(=O)c1cccc(NC(=O)c2cccs2)c1)C(=O)Nc1cccc([N+](=O)[O-])c1. The van der Waals surface area contributed by atoms with Crippen molar-refractivity contribution < 1.29 is 24.0 Å². The number of benzene rings is 2. The molecule has 9 nitrogen and oxygen atoms in total. The first kappa shape index (κ1) is 21.7. The first-order valence-electron chi connectivity index (χ1n) is 9.04. The van der Waals surface area contributed by atoms with Gasteiger partial charge in [-0.3, -0.25) is 19.7 Å². The van der Waals surface area contributed by atoms with E-state index in [0.29, 0.717) is 10.6 Å². The molecule has 0 spiro atoms. The van der Waals surface area contributed by atoms with Gasteiger partial charge in [0.1, 0.15) is 0 Å². The molecule has 0 aliphatic carbocycles. The number of esters is 1. The predicted molar refractivity (Wildman–Crippen MR) is 115 cm³/mol. The van der Waals surface area contributed by atoms with E-state index in [0.717, 1.165) is 0 Å². The Hall–Kier alpha value is -4.05. The smallest absolute Gasteiger partial charge is 0.338 e. The van der Waals surface area contributed by atoms with Crippen LogP contribution >= 0.6 is 11.3 Å². The van der Waals surface area contributed by atoms with Gasteiger partial charge in [0.05, 0.1) is 15.4 Å². The Bertz CT molecular complexity index is 1130. The molecule has 1 atom stereocenters. The molecule has 1 unspecified atom stereocenters. The van der Waals surface area contributed by atoms with Crippen LogP contribution in [0.2, 0.25) is 0 Å². The van der Waals surface area contributed by atoms with Crippen LogP contribution in [-0.2, 0) is 9.53 Å². The van der Waals surface area contributed by atoms with Gasteiger partial charge in [-0.15, -0.1) is 11.3 Å². The third-order valence-corrected chi connectivity index (χ3v) is 4.95. The second kappa shape index (κ2) is 9.63. The average molecular weight is 439 g/mol. The van der Waals surface area contributed by atoms with Gasteiger partial charge in [0.2, 0.25) is 0 Å². The molecule has 158 valence electrons. The number of carbonyl (C=O) groups is 3. The van der Waals surface area contributed by atoms with Gasteiger partial charge >= 0.3 is 5.97 Å². The van der Waals surface area contributed by atoms with Crippen molar-refractivity contribution >= 4 is 46.2 Å². The summed E-state index contributed by atoms with van der Waals surface area (Å²) in [7, 11) is 0. The van der Waals surface area contributed by atoms with Crippen molar-refractivity contribution in [3.8, 4) is 0 Å². The number of nitrogens with zero attached hydrogens (tertiary/aromatic N) is 1. The Morgan fingerprint density at radius 2 is 1.71 bits per heavy atom. The minimum absolute atomic E-state index is 0.152. The number of hydrogen-bond acceptors (Lipinski definition) is 7. The maximum absolute atomic E-state index is 12.4. The molecule has 0 bridgehead atoms. The van der Waals surface area contributed by atoms with Crippen LogP contribution < -0.4 is 10.6 Å². The highest BCUT2D eigenvalue weighted by atomic mass is 32.1. The fourth-order valence-electron chi connectivity index (χ4n) is 2.55. The summed E-state index contributed by atoms with van der Waals surface area (Å²) in [5.41, 5.74) is 0.588. The molecule has 1 heterocycles. The van der Waals surface area contributed by atoms with E-state index in [1.807, 2.05) is 0 Å². The summed E-state index contributed by atoms with van der Waals surface area (Å²) in [6, 6.07) is 15.0. The van der Waals surface area contributed by atoms with E-state index >= 15 is 0 Å². The van der Waals surface area contributed by atoms with E-state index in [4.69, 9.17) is 4.74 Å². The van der Waals surface area contributed by atoms with Gasteiger partial charge in [0.15, 0.2) is 6.10 Å². The molecule has 2 amide bonds. The van der Waals surface area contributed by atoms with Crippen molar-refractivity contribution in [3.63, 3.8) is 0 Å². The zero-order valence-corrected chi connectivity index (χ0v) is 17.0. The van der Waals surface area contributed by atoms with Crippen LogP contribution in [0.3, 0.4) is 0 Å². The van der Waals surface area contributed by atoms with E-state index in [-0.39, 0.29) is 22.8 Å². The monoisotopic (exact) mass is 439 g/mol. The maximum atomic E-state index is 12.4. The van der Waals surface area contributed by atoms with E-state index in [9.17, 15) is 24.5 Å². The van der Waals surface area contributed by atoms with Crippen molar-refractivity contribution in [1.29, 1.82) is 0 Å². The topological polar surface area (TPSA) is 128 Å². The van der Waals surface area contributed by atoms with Crippen LogP contribution in [-0.4, -0.2) is 28.8 Å². The van der Waals surface area contributed by atoms with E-state index in [1.165, 1.54) is 54.7 Å². The maximum Gasteiger partial charge on any atom is 0.338 e. The lowest BCUT2D eigenvalue weighted by Crippen LogP contribution is -2.30. The summed E-state index contributed by atoms with van der Waals surface area (Å²) in [6.07, 6.45) is -1.16. The number of ether oxygens (including phenoxy) is 1. The van der Waals surface area contributed by atoms with Crippen molar-refractivity contribution in [2.24, 2.45) is 0 Å². The number of nitrogens with one attached hydrogen (secondary N) is 2. The quantitative estimate of drug-likeness (QED) is 0.324. The summed E-state index contributed by atoms with van der Waals surface area (Å²) in [4.78, 5) is 47.6. The highest BCUT2D eigenvalue weighted by Crippen LogP contribution is 2.18. The summed E-state index contributed by atoms with van der Waals surface area (Å²) < 4.78 is 5.18. The predicted octanol–water partition coefficient (Wildman–Crippen LogP) is 4.09. The molecule has 0 aliphatic heterocycles. The van der Waals surface area contributed by atoms with E-state index < -0.39 is 22.9 Å². The highest BCUT2D eigenvalue weighted by Gasteiger charge is 2.20. The summed E-state index contributed by atoms with van der Waals surface area (Å²) in [6.45, 7) is 1.38. The number of carbonyl (C=O) groups excluding carboxylic acids is 3. The van der Waals surface area contributed by atoms with E-state index in [2.05, 4.69) is 10.6 Å². The average Bonchev–Trinajstić information content (AvgIpc) is 3.29. The second-order valence-corrected chi connectivity index (χ2v) is 7.30. The number of nitro benzene ring substituents is 1. The van der Waals surface area contributed by atoms with Crippen molar-refractivity contribution in [3.05, 3.63) is 86.6 Å². The lowest BCUT2D eigenvalue weighted by atomic mass is 10.2. The van der Waals surface area contributed by atoms with E-state index in [1.54, 1.807) is 29.6 Å². The van der Waals surface area contributed by atoms with Crippen molar-refractivity contribution in [1.82, 2.24) is 0 Å². The van der Waals surface area contributed by atoms with Crippen LogP contribution in [0.15, 0.2) is 66.0 Å². The van der Waals surface area contributed by atoms with Crippen LogP contribution in [0.5, 0.6) is 0 Å². The summed E-state index contributed by atoms with van der Waals surface area (Å²) >= 11 is 1.29. The van der Waals surface area contributed by atoms with Crippen LogP contribution in [0.25, 0.3) is 0 Å². The molecule has 1 aromatic heterocycles. The number of nitro groups is 1. The highest BCUT2D eigenvalue weighted by molar-refractivity contribution is 7.12. The molecule has 3 aromatic rings. The summed E-state index contributed by atoms with van der Waals surface area (Å²) in [5.74, 6) is -1.70. The molecule has 0 fully saturated rings. The Morgan fingerprint density at radius 3 is 2.39 bits per heavy atom. The zero-order chi connectivity index (χ0) is 22.4. The van der Waals surface area contributed by atoms with Crippen LogP contribution in [0.1, 0.15) is 27.0 Å². The molecule has 10 heteroatoms. The second-order valence-electron chi connectivity index (χ2n) is 6.36. The lowest BCUT2D eigenvalue weighted by molar-refractivity contribution is -0.384. The third kappa shape index (κ3) is 5.73. The number of thiophene rings is 1. The minimum Gasteiger partial charge on any atom is -0.449 e. The van der Waals surface area contributed by atoms with Gasteiger partial charge in [-0.1, -0.05) is 18.2 Å². The molecule has 3 rings (SSSR count). The molecular formula is C21H17N3O6S. The standard InChI is InChI=1S/C21H17N3O6S/c1-13(19(25)22-16-7-3-8-17(12-16)24(28)29)30-21(27)14-5-2-6-15(11-14)23-20(26)18-9-4-10-31-18/h2-13H,1H3,(H,22,25)(H,23,26). The Morgan fingerprint density at radius 1 is 1.00 bits per heavy atom. The van der Waals surface area contributed by atoms with Gasteiger partial charge in [0.25, 0.3) is 17.5 Å². The van der Waals surface area contributed by atoms with Crippen LogP contribution in [0, 0.1) is 10.1 Å². The van der Waals surface area contributed by atoms with Gasteiger partial charge in [0, 0.05) is 23.5 Å². The molecule has 0 radical (unpaired) electrons. The Balaban J connectivity index is 1.61. The van der Waals surface area contributed by atoms with Crippen molar-refractivity contribution in [2.45, 2.75) is 13.0 Å². The normalized spacial score (nSPS) is 11.3. The largest absolute Gasteiger partial charge is 0.449 e. The number of anilines is 2. The van der Waals surface area contributed by atoms with Crippen molar-refractivity contribution in [2.75, 3.05) is 10.6 Å². The first-order chi connectivity index (χ1) is 14.8. The third-order valence-electron chi connectivity index (χ3n) is 4.08. The molecule has 2 aromatic carbocycles. The number of amides is 2. The van der Waals surface area contributed by atoms with Gasteiger partial charge in [-0.25, -0.2) is 4.79 Å². The number of rotatable bonds is 7. The fraction of sp³-hybridized carbons (Fsp3) is 0.0952. The minimum atomic E-state index is -1.16. The molecule has 0 saturated heterocycles.